The fraction of sp³-hybridized carbons (Fsp3) is 0. The van der Waals surface area contributed by atoms with Crippen LogP contribution in [-0.4, -0.2) is 0 Å². The third-order valence-electron chi connectivity index (χ3n) is 11.2. The van der Waals surface area contributed by atoms with Crippen LogP contribution in [-0.2, 0) is 0 Å². The van der Waals surface area contributed by atoms with Crippen LogP contribution in [0.25, 0.3) is 110 Å². The van der Waals surface area contributed by atoms with Crippen LogP contribution in [0.1, 0.15) is 0 Å². The van der Waals surface area contributed by atoms with E-state index in [1.54, 1.807) is 0 Å². The Kier molecular flexibility index (Phi) is 7.25. The van der Waals surface area contributed by atoms with Crippen molar-refractivity contribution in [2.45, 2.75) is 0 Å². The van der Waals surface area contributed by atoms with Gasteiger partial charge in [0.2, 0.25) is 0 Å². The minimum absolute atomic E-state index is 0.901. The van der Waals surface area contributed by atoms with Crippen LogP contribution >= 0.6 is 0 Å². The van der Waals surface area contributed by atoms with Gasteiger partial charge in [-0.3, -0.25) is 0 Å². The summed E-state index contributed by atoms with van der Waals surface area (Å²) in [7, 11) is 0. The Morgan fingerprint density at radius 2 is 0.782 bits per heavy atom. The predicted molar refractivity (Wildman–Crippen MR) is 233 cm³/mol. The lowest BCUT2D eigenvalue weighted by Crippen LogP contribution is -1.91. The second kappa shape index (κ2) is 12.7. The van der Waals surface area contributed by atoms with Crippen LogP contribution in [0.4, 0.5) is 0 Å². The molecule has 0 fully saturated rings. The zero-order chi connectivity index (χ0) is 36.3. The summed E-state index contributed by atoms with van der Waals surface area (Å²) in [5, 5.41) is 9.71. The summed E-state index contributed by atoms with van der Waals surface area (Å²) in [5.41, 5.74) is 13.7. The fourth-order valence-electron chi connectivity index (χ4n) is 8.63. The molecule has 55 heavy (non-hydrogen) atoms. The summed E-state index contributed by atoms with van der Waals surface area (Å²) in [6.07, 6.45) is 0. The van der Waals surface area contributed by atoms with Gasteiger partial charge in [-0.05, 0) is 119 Å². The molecule has 1 aromatic heterocycles. The van der Waals surface area contributed by atoms with Gasteiger partial charge in [0, 0.05) is 16.3 Å². The molecule has 0 aliphatic heterocycles. The summed E-state index contributed by atoms with van der Waals surface area (Å²) in [4.78, 5) is 0. The van der Waals surface area contributed by atoms with Crippen molar-refractivity contribution in [3.05, 3.63) is 206 Å². The number of benzene rings is 10. The van der Waals surface area contributed by atoms with Crippen molar-refractivity contribution in [1.29, 1.82) is 0 Å². The van der Waals surface area contributed by atoms with E-state index in [4.69, 9.17) is 4.42 Å². The van der Waals surface area contributed by atoms with Crippen molar-refractivity contribution in [3.8, 4) is 55.6 Å². The molecule has 0 radical (unpaired) electrons. The largest absolute Gasteiger partial charge is 0.455 e. The van der Waals surface area contributed by atoms with Gasteiger partial charge in [0.05, 0.1) is 0 Å². The Morgan fingerprint density at radius 1 is 0.255 bits per heavy atom. The molecular weight excluding hydrogens is 665 g/mol. The standard InChI is InChI=1S/C54H34O/c1-3-15-36(16-4-1)52-45-23-9-10-24-46(45)53(37-17-5-2-6-18-37)49-32-41(28-29-47(49)52)39-20-13-21-40(30-39)43-33-48(42-27-26-35-14-7-8-19-38(35)31-42)54-50(34-43)44-22-11-12-25-51(44)55-54/h1-34H. The Bertz CT molecular complexity index is 3240. The number of hydrogen-bond donors (Lipinski definition) is 0. The first kappa shape index (κ1) is 31.3. The normalized spacial score (nSPS) is 11.6. The number of fused-ring (bicyclic) bond motifs is 6. The summed E-state index contributed by atoms with van der Waals surface area (Å²) in [6.45, 7) is 0. The highest BCUT2D eigenvalue weighted by molar-refractivity contribution is 6.22. The smallest absolute Gasteiger partial charge is 0.143 e. The Morgan fingerprint density at radius 3 is 1.53 bits per heavy atom. The van der Waals surface area contributed by atoms with Crippen molar-refractivity contribution in [1.82, 2.24) is 0 Å². The van der Waals surface area contributed by atoms with Crippen LogP contribution in [0.2, 0.25) is 0 Å². The Balaban J connectivity index is 1.12. The molecule has 1 heteroatoms. The van der Waals surface area contributed by atoms with Crippen molar-refractivity contribution >= 4 is 54.3 Å². The zero-order valence-corrected chi connectivity index (χ0v) is 30.0. The Hall–Kier alpha value is -7.22. The van der Waals surface area contributed by atoms with Crippen LogP contribution in [0.5, 0.6) is 0 Å². The summed E-state index contributed by atoms with van der Waals surface area (Å²) in [5.74, 6) is 0. The number of furan rings is 1. The molecule has 0 saturated heterocycles. The van der Waals surface area contributed by atoms with Gasteiger partial charge >= 0.3 is 0 Å². The molecule has 1 nitrogen and oxygen atoms in total. The SMILES string of the molecule is c1ccc(-c2c3ccccc3c(-c3ccccc3)c3cc(-c4cccc(-c5cc(-c6ccc7ccccc7c6)c6oc7ccccc7c6c5)c4)ccc23)cc1. The van der Waals surface area contributed by atoms with Gasteiger partial charge in [-0.15, -0.1) is 0 Å². The maximum absolute atomic E-state index is 6.59. The average Bonchev–Trinajstić information content (AvgIpc) is 3.64. The maximum atomic E-state index is 6.59. The van der Waals surface area contributed by atoms with Crippen LogP contribution in [0.3, 0.4) is 0 Å². The summed E-state index contributed by atoms with van der Waals surface area (Å²) in [6, 6.07) is 74.8. The fourth-order valence-corrected chi connectivity index (χ4v) is 8.63. The lowest BCUT2D eigenvalue weighted by Gasteiger charge is -2.19. The third-order valence-corrected chi connectivity index (χ3v) is 11.2. The van der Waals surface area contributed by atoms with Crippen molar-refractivity contribution < 1.29 is 4.42 Å². The molecule has 0 aliphatic rings. The summed E-state index contributed by atoms with van der Waals surface area (Å²) >= 11 is 0. The molecule has 0 bridgehead atoms. The Labute approximate surface area is 319 Å². The molecular formula is C54H34O. The van der Waals surface area contributed by atoms with E-state index in [9.17, 15) is 0 Å². The second-order valence-electron chi connectivity index (χ2n) is 14.4. The topological polar surface area (TPSA) is 13.1 Å². The first-order valence-electron chi connectivity index (χ1n) is 18.9. The van der Waals surface area contributed by atoms with Crippen LogP contribution < -0.4 is 0 Å². The molecule has 10 aromatic carbocycles. The molecule has 256 valence electrons. The minimum Gasteiger partial charge on any atom is -0.455 e. The molecule has 11 aromatic rings. The lowest BCUT2D eigenvalue weighted by molar-refractivity contribution is 0.670. The monoisotopic (exact) mass is 698 g/mol. The molecule has 0 amide bonds. The first-order chi connectivity index (χ1) is 27.3. The highest BCUT2D eigenvalue weighted by Gasteiger charge is 2.19. The van der Waals surface area contributed by atoms with E-state index < -0.39 is 0 Å². The van der Waals surface area contributed by atoms with E-state index in [0.717, 1.165) is 38.6 Å². The van der Waals surface area contributed by atoms with Gasteiger partial charge in [-0.2, -0.15) is 0 Å². The number of rotatable bonds is 5. The quantitative estimate of drug-likeness (QED) is 0.163. The molecule has 1 heterocycles. The van der Waals surface area contributed by atoms with E-state index in [-0.39, 0.29) is 0 Å². The highest BCUT2D eigenvalue weighted by atomic mass is 16.3. The van der Waals surface area contributed by atoms with Crippen molar-refractivity contribution in [2.24, 2.45) is 0 Å². The van der Waals surface area contributed by atoms with Gasteiger partial charge in [0.15, 0.2) is 0 Å². The van der Waals surface area contributed by atoms with E-state index in [1.807, 2.05) is 6.07 Å². The van der Waals surface area contributed by atoms with E-state index >= 15 is 0 Å². The van der Waals surface area contributed by atoms with Crippen molar-refractivity contribution in [2.75, 3.05) is 0 Å². The molecule has 0 unspecified atom stereocenters. The molecule has 0 N–H and O–H groups in total. The highest BCUT2D eigenvalue weighted by Crippen LogP contribution is 2.45. The molecule has 0 atom stereocenters. The maximum Gasteiger partial charge on any atom is 0.143 e. The van der Waals surface area contributed by atoms with Gasteiger partial charge in [-0.1, -0.05) is 170 Å². The first-order valence-corrected chi connectivity index (χ1v) is 18.9. The van der Waals surface area contributed by atoms with Gasteiger partial charge < -0.3 is 4.42 Å². The molecule has 0 saturated carbocycles. The average molecular weight is 699 g/mol. The number of para-hydroxylation sites is 1. The van der Waals surface area contributed by atoms with E-state index in [0.29, 0.717) is 0 Å². The van der Waals surface area contributed by atoms with E-state index in [2.05, 4.69) is 200 Å². The van der Waals surface area contributed by atoms with Crippen LogP contribution in [0, 0.1) is 0 Å². The lowest BCUT2D eigenvalue weighted by atomic mass is 9.84. The summed E-state index contributed by atoms with van der Waals surface area (Å²) < 4.78 is 6.59. The minimum atomic E-state index is 0.901. The van der Waals surface area contributed by atoms with Gasteiger partial charge in [0.1, 0.15) is 11.2 Å². The van der Waals surface area contributed by atoms with Gasteiger partial charge in [0.25, 0.3) is 0 Å². The predicted octanol–water partition coefficient (Wildman–Crippen LogP) is 15.4. The van der Waals surface area contributed by atoms with E-state index in [1.165, 1.54) is 71.3 Å². The van der Waals surface area contributed by atoms with Crippen molar-refractivity contribution in [3.63, 3.8) is 0 Å². The van der Waals surface area contributed by atoms with Gasteiger partial charge in [-0.25, -0.2) is 0 Å². The number of hydrogen-bond acceptors (Lipinski definition) is 1. The molecule has 0 aliphatic carbocycles. The zero-order valence-electron chi connectivity index (χ0n) is 30.0. The third kappa shape index (κ3) is 5.24. The van der Waals surface area contributed by atoms with Crippen LogP contribution in [0.15, 0.2) is 211 Å². The molecule has 11 rings (SSSR count). The second-order valence-corrected chi connectivity index (χ2v) is 14.4. The molecule has 0 spiro atoms.